The van der Waals surface area contributed by atoms with Gasteiger partial charge in [0.1, 0.15) is 0 Å². The van der Waals surface area contributed by atoms with Crippen molar-refractivity contribution in [2.75, 3.05) is 20.1 Å². The van der Waals surface area contributed by atoms with Crippen LogP contribution in [0.15, 0.2) is 24.3 Å². The first-order valence-electron chi connectivity index (χ1n) is 6.17. The Morgan fingerprint density at radius 1 is 1.21 bits per heavy atom. The molecule has 0 aliphatic rings. The largest absolute Gasteiger partial charge is 0.355 e. The predicted octanol–water partition coefficient (Wildman–Crippen LogP) is 2.77. The molecule has 19 heavy (non-hydrogen) atoms. The van der Waals surface area contributed by atoms with E-state index in [1.54, 1.807) is 0 Å². The van der Waals surface area contributed by atoms with E-state index >= 15 is 0 Å². The summed E-state index contributed by atoms with van der Waals surface area (Å²) < 4.78 is 0. The highest BCUT2D eigenvalue weighted by Gasteiger charge is 2.29. The summed E-state index contributed by atoms with van der Waals surface area (Å²) in [5.41, 5.74) is 0.433. The average molecular weight is 305 g/mol. The van der Waals surface area contributed by atoms with Crippen LogP contribution in [0.1, 0.15) is 25.8 Å². The number of halogens is 2. The van der Waals surface area contributed by atoms with Crippen molar-refractivity contribution in [1.82, 2.24) is 10.6 Å². The summed E-state index contributed by atoms with van der Waals surface area (Å²) in [6, 6.07) is 7.42. The van der Waals surface area contributed by atoms with Gasteiger partial charge in [-0.25, -0.2) is 0 Å². The number of amides is 1. The molecule has 1 aromatic carbocycles. The van der Waals surface area contributed by atoms with Gasteiger partial charge in [0.2, 0.25) is 5.91 Å². The van der Waals surface area contributed by atoms with Gasteiger partial charge < -0.3 is 10.6 Å². The fourth-order valence-corrected chi connectivity index (χ4v) is 1.81. The number of carbonyl (C=O) groups excluding carboxylic acids is 1. The van der Waals surface area contributed by atoms with E-state index in [-0.39, 0.29) is 18.3 Å². The number of nitrogens with one attached hydrogen (secondary N) is 2. The van der Waals surface area contributed by atoms with E-state index in [1.165, 1.54) is 0 Å². The SMILES string of the molecule is CNCCCNC(=O)C(C)(C)c1ccc(Cl)cc1.Cl. The second-order valence-corrected chi connectivity index (χ2v) is 5.28. The average Bonchev–Trinajstić information content (AvgIpc) is 2.35. The zero-order valence-corrected chi connectivity index (χ0v) is 13.2. The third-order valence-electron chi connectivity index (χ3n) is 3.02. The first-order valence-corrected chi connectivity index (χ1v) is 6.55. The maximum atomic E-state index is 12.1. The Morgan fingerprint density at radius 2 is 1.79 bits per heavy atom. The number of benzene rings is 1. The van der Waals surface area contributed by atoms with Crippen LogP contribution >= 0.6 is 24.0 Å². The van der Waals surface area contributed by atoms with Crippen LogP contribution in [-0.4, -0.2) is 26.0 Å². The maximum Gasteiger partial charge on any atom is 0.230 e. The van der Waals surface area contributed by atoms with Gasteiger partial charge in [0.25, 0.3) is 0 Å². The minimum absolute atomic E-state index is 0. The zero-order chi connectivity index (χ0) is 13.6. The van der Waals surface area contributed by atoms with E-state index in [0.29, 0.717) is 11.6 Å². The number of hydrogen-bond acceptors (Lipinski definition) is 2. The molecule has 0 bridgehead atoms. The molecule has 0 heterocycles. The van der Waals surface area contributed by atoms with E-state index in [1.807, 2.05) is 45.2 Å². The quantitative estimate of drug-likeness (QED) is 0.794. The normalized spacial score (nSPS) is 10.7. The van der Waals surface area contributed by atoms with E-state index in [9.17, 15) is 4.79 Å². The highest BCUT2D eigenvalue weighted by molar-refractivity contribution is 6.30. The Kier molecular flexibility index (Phi) is 8.07. The van der Waals surface area contributed by atoms with Crippen molar-refractivity contribution in [1.29, 1.82) is 0 Å². The highest BCUT2D eigenvalue weighted by Crippen LogP contribution is 2.24. The van der Waals surface area contributed by atoms with Crippen LogP contribution in [0.5, 0.6) is 0 Å². The van der Waals surface area contributed by atoms with Crippen LogP contribution in [0.25, 0.3) is 0 Å². The summed E-state index contributed by atoms with van der Waals surface area (Å²) >= 11 is 5.85. The van der Waals surface area contributed by atoms with Crippen molar-refractivity contribution in [2.24, 2.45) is 0 Å². The molecule has 0 saturated carbocycles. The Morgan fingerprint density at radius 3 is 2.32 bits per heavy atom. The molecular weight excluding hydrogens is 283 g/mol. The minimum Gasteiger partial charge on any atom is -0.355 e. The third-order valence-corrected chi connectivity index (χ3v) is 3.27. The first-order chi connectivity index (χ1) is 8.48. The summed E-state index contributed by atoms with van der Waals surface area (Å²) in [7, 11) is 1.90. The summed E-state index contributed by atoms with van der Waals surface area (Å²) in [4.78, 5) is 12.1. The molecule has 0 saturated heterocycles. The molecule has 0 atom stereocenters. The summed E-state index contributed by atoms with van der Waals surface area (Å²) in [5.74, 6) is 0.0425. The molecule has 0 aliphatic heterocycles. The molecule has 0 aromatic heterocycles. The Bertz CT molecular complexity index is 391. The molecule has 0 unspecified atom stereocenters. The monoisotopic (exact) mass is 304 g/mol. The van der Waals surface area contributed by atoms with Crippen LogP contribution in [0, 0.1) is 0 Å². The third kappa shape index (κ3) is 5.39. The van der Waals surface area contributed by atoms with Gasteiger partial charge in [-0.15, -0.1) is 12.4 Å². The minimum atomic E-state index is -0.537. The highest BCUT2D eigenvalue weighted by atomic mass is 35.5. The number of hydrogen-bond donors (Lipinski definition) is 2. The molecule has 1 amide bonds. The molecule has 0 radical (unpaired) electrons. The summed E-state index contributed by atoms with van der Waals surface area (Å²) in [5, 5.41) is 6.70. The molecule has 5 heteroatoms. The summed E-state index contributed by atoms with van der Waals surface area (Å²) in [6.45, 7) is 5.44. The van der Waals surface area contributed by atoms with E-state index < -0.39 is 5.41 Å². The predicted molar refractivity (Wildman–Crippen MR) is 83.3 cm³/mol. The second-order valence-electron chi connectivity index (χ2n) is 4.84. The van der Waals surface area contributed by atoms with Gasteiger partial charge in [-0.3, -0.25) is 4.79 Å². The van der Waals surface area contributed by atoms with Crippen molar-refractivity contribution in [3.63, 3.8) is 0 Å². The Hall–Kier alpha value is -0.770. The molecule has 108 valence electrons. The van der Waals surface area contributed by atoms with Crippen molar-refractivity contribution in [2.45, 2.75) is 25.7 Å². The second kappa shape index (κ2) is 8.41. The van der Waals surface area contributed by atoms with Gasteiger partial charge in [-0.05, 0) is 51.6 Å². The lowest BCUT2D eigenvalue weighted by Crippen LogP contribution is -2.40. The summed E-state index contributed by atoms with van der Waals surface area (Å²) in [6.07, 6.45) is 0.930. The van der Waals surface area contributed by atoms with Gasteiger partial charge in [0.15, 0.2) is 0 Å². The van der Waals surface area contributed by atoms with Crippen LogP contribution in [0.2, 0.25) is 5.02 Å². The Labute approximate surface area is 126 Å². The van der Waals surface area contributed by atoms with Crippen molar-refractivity contribution >= 4 is 29.9 Å². The fraction of sp³-hybridized carbons (Fsp3) is 0.500. The molecule has 1 aromatic rings. The molecule has 0 fully saturated rings. The lowest BCUT2D eigenvalue weighted by atomic mass is 9.84. The van der Waals surface area contributed by atoms with E-state index in [2.05, 4.69) is 10.6 Å². The van der Waals surface area contributed by atoms with E-state index in [0.717, 1.165) is 18.5 Å². The van der Waals surface area contributed by atoms with Crippen molar-refractivity contribution in [3.8, 4) is 0 Å². The zero-order valence-electron chi connectivity index (χ0n) is 11.6. The van der Waals surface area contributed by atoms with Crippen LogP contribution in [0.3, 0.4) is 0 Å². The van der Waals surface area contributed by atoms with Gasteiger partial charge in [-0.1, -0.05) is 23.7 Å². The molecular formula is C14H22Cl2N2O. The van der Waals surface area contributed by atoms with Crippen molar-refractivity contribution < 1.29 is 4.79 Å². The van der Waals surface area contributed by atoms with Gasteiger partial charge >= 0.3 is 0 Å². The van der Waals surface area contributed by atoms with Crippen LogP contribution in [-0.2, 0) is 10.2 Å². The van der Waals surface area contributed by atoms with Gasteiger partial charge in [0.05, 0.1) is 5.41 Å². The van der Waals surface area contributed by atoms with Gasteiger partial charge in [0, 0.05) is 11.6 Å². The van der Waals surface area contributed by atoms with Crippen LogP contribution < -0.4 is 10.6 Å². The number of rotatable bonds is 6. The molecule has 1 rings (SSSR count). The molecule has 0 spiro atoms. The van der Waals surface area contributed by atoms with Gasteiger partial charge in [-0.2, -0.15) is 0 Å². The molecule has 3 nitrogen and oxygen atoms in total. The van der Waals surface area contributed by atoms with Crippen molar-refractivity contribution in [3.05, 3.63) is 34.9 Å². The lowest BCUT2D eigenvalue weighted by Gasteiger charge is -2.24. The lowest BCUT2D eigenvalue weighted by molar-refractivity contribution is -0.125. The fourth-order valence-electron chi connectivity index (χ4n) is 1.69. The smallest absolute Gasteiger partial charge is 0.230 e. The number of carbonyl (C=O) groups is 1. The Balaban J connectivity index is 0.00000324. The van der Waals surface area contributed by atoms with Crippen LogP contribution in [0.4, 0.5) is 0 Å². The topological polar surface area (TPSA) is 41.1 Å². The standard InChI is InChI=1S/C14H21ClN2O.ClH/c1-14(2,11-5-7-12(15)8-6-11)13(18)17-10-4-9-16-3;/h5-8,16H,4,9-10H2,1-3H3,(H,17,18);1H. The maximum absolute atomic E-state index is 12.1. The molecule has 0 aliphatic carbocycles. The molecule has 2 N–H and O–H groups in total. The first kappa shape index (κ1) is 18.2. The van der Waals surface area contributed by atoms with E-state index in [4.69, 9.17) is 11.6 Å².